The van der Waals surface area contributed by atoms with Crippen molar-refractivity contribution in [1.82, 2.24) is 5.32 Å². The van der Waals surface area contributed by atoms with Crippen LogP contribution in [-0.2, 0) is 9.22 Å². The zero-order valence-corrected chi connectivity index (χ0v) is 25.2. The van der Waals surface area contributed by atoms with E-state index in [-0.39, 0.29) is 29.6 Å². The zero-order chi connectivity index (χ0) is 29.0. The quantitative estimate of drug-likeness (QED) is 0.364. The number of anilines is 2. The van der Waals surface area contributed by atoms with E-state index in [4.69, 9.17) is 4.43 Å². The van der Waals surface area contributed by atoms with Crippen molar-refractivity contribution >= 4 is 42.0 Å². The van der Waals surface area contributed by atoms with Crippen molar-refractivity contribution in [2.75, 3.05) is 36.0 Å². The van der Waals surface area contributed by atoms with Gasteiger partial charge in [-0.15, -0.1) is 0 Å². The fraction of sp³-hybridized carbons (Fsp3) is 0.394. The minimum absolute atomic E-state index is 0.0420. The first-order valence-corrected chi connectivity index (χ1v) is 16.5. The molecular formula is C33H40FN3O3Si. The van der Waals surface area contributed by atoms with Crippen LogP contribution >= 0.6 is 0 Å². The van der Waals surface area contributed by atoms with E-state index < -0.39 is 20.2 Å². The number of nitrogens with zero attached hydrogens (tertiary/aromatic N) is 2. The number of nitrogens with one attached hydrogen (secondary N) is 1. The number of carbonyl (C=O) groups is 2. The molecule has 0 aromatic heterocycles. The van der Waals surface area contributed by atoms with Crippen LogP contribution in [0.2, 0.25) is 5.04 Å². The zero-order valence-electron chi connectivity index (χ0n) is 24.2. The fourth-order valence-electron chi connectivity index (χ4n) is 6.33. The summed E-state index contributed by atoms with van der Waals surface area (Å²) in [5, 5.41) is 4.81. The van der Waals surface area contributed by atoms with E-state index in [9.17, 15) is 9.59 Å². The molecule has 216 valence electrons. The molecule has 0 spiro atoms. The summed E-state index contributed by atoms with van der Waals surface area (Å²) < 4.78 is 22.1. The molecule has 2 aliphatic rings. The Morgan fingerprint density at radius 1 is 0.902 bits per heavy atom. The average molecular weight is 574 g/mol. The molecule has 6 nitrogen and oxygen atoms in total. The van der Waals surface area contributed by atoms with Gasteiger partial charge in [-0.2, -0.15) is 0 Å². The van der Waals surface area contributed by atoms with Crippen LogP contribution < -0.4 is 25.5 Å². The van der Waals surface area contributed by atoms with Gasteiger partial charge in [0.15, 0.2) is 0 Å². The molecule has 2 fully saturated rings. The Morgan fingerprint density at radius 2 is 1.51 bits per heavy atom. The molecule has 8 heteroatoms. The summed E-state index contributed by atoms with van der Waals surface area (Å²) >= 11 is 0. The average Bonchev–Trinajstić information content (AvgIpc) is 2.96. The molecule has 2 aliphatic heterocycles. The first-order valence-electron chi connectivity index (χ1n) is 14.6. The van der Waals surface area contributed by atoms with E-state index in [2.05, 4.69) is 91.7 Å². The highest BCUT2D eigenvalue weighted by Gasteiger charge is 2.50. The number of rotatable bonds is 8. The maximum Gasteiger partial charge on any atom is 0.328 e. The van der Waals surface area contributed by atoms with Gasteiger partial charge in [0.25, 0.3) is 8.32 Å². The lowest BCUT2D eigenvalue weighted by atomic mass is 9.93. The van der Waals surface area contributed by atoms with Crippen LogP contribution in [-0.4, -0.2) is 46.5 Å². The number of imide groups is 1. The third-order valence-corrected chi connectivity index (χ3v) is 13.6. The molecule has 5 rings (SSSR count). The molecule has 0 atom stereocenters. The largest absolute Gasteiger partial charge is 0.407 e. The second kappa shape index (κ2) is 12.2. The third kappa shape index (κ3) is 6.09. The standard InChI is InChI=1S/C33H40FN3O3Si/c1-33(2,3)41(27-10-6-4-7-11-27,28-12-8-5-9-13-28)40-23-19-25-16-20-36(21-17-25)26-14-15-30(29(34)24-26)37-22-18-31(38)35-32(37)39/h4-15,24-25H,16-23H2,1-3H3,(H,35,38,39). The van der Waals surface area contributed by atoms with Gasteiger partial charge < -0.3 is 9.33 Å². The number of urea groups is 1. The number of hydrogen-bond acceptors (Lipinski definition) is 4. The van der Waals surface area contributed by atoms with E-state index >= 15 is 4.39 Å². The minimum Gasteiger partial charge on any atom is -0.407 e. The van der Waals surface area contributed by atoms with E-state index in [1.807, 2.05) is 6.07 Å². The minimum atomic E-state index is -2.54. The fourth-order valence-corrected chi connectivity index (χ4v) is 10.9. The van der Waals surface area contributed by atoms with Gasteiger partial charge in [0, 0.05) is 38.3 Å². The molecule has 0 unspecified atom stereocenters. The maximum absolute atomic E-state index is 15.0. The van der Waals surface area contributed by atoms with Crippen LogP contribution in [0.5, 0.6) is 0 Å². The lowest BCUT2D eigenvalue weighted by Crippen LogP contribution is -2.66. The SMILES string of the molecule is CC(C)(C)[Si](OCCC1CCN(c2ccc(N3CCC(=O)NC3=O)c(F)c2)CC1)(c1ccccc1)c1ccccc1. The highest BCUT2D eigenvalue weighted by molar-refractivity contribution is 6.99. The Kier molecular flexibility index (Phi) is 8.61. The summed E-state index contributed by atoms with van der Waals surface area (Å²) in [5.41, 5.74) is 1.02. The summed E-state index contributed by atoms with van der Waals surface area (Å²) in [7, 11) is -2.54. The van der Waals surface area contributed by atoms with Crippen LogP contribution in [0.25, 0.3) is 0 Å². The monoisotopic (exact) mass is 573 g/mol. The molecule has 0 bridgehead atoms. The predicted octanol–water partition coefficient (Wildman–Crippen LogP) is 5.46. The number of piperidine rings is 1. The second-order valence-electron chi connectivity index (χ2n) is 12.1. The van der Waals surface area contributed by atoms with E-state index in [1.54, 1.807) is 6.07 Å². The van der Waals surface area contributed by atoms with Gasteiger partial charge in [-0.3, -0.25) is 15.0 Å². The van der Waals surface area contributed by atoms with Gasteiger partial charge in [-0.25, -0.2) is 9.18 Å². The van der Waals surface area contributed by atoms with Gasteiger partial charge in [0.1, 0.15) is 5.82 Å². The number of halogens is 1. The first kappa shape index (κ1) is 29.0. The summed E-state index contributed by atoms with van der Waals surface area (Å²) in [6.07, 6.45) is 3.20. The lowest BCUT2D eigenvalue weighted by molar-refractivity contribution is -0.120. The van der Waals surface area contributed by atoms with Crippen molar-refractivity contribution in [3.63, 3.8) is 0 Å². The molecule has 3 aromatic rings. The predicted molar refractivity (Wildman–Crippen MR) is 165 cm³/mol. The van der Waals surface area contributed by atoms with E-state index in [1.165, 1.54) is 21.3 Å². The number of hydrogen-bond donors (Lipinski definition) is 1. The van der Waals surface area contributed by atoms with Gasteiger partial charge >= 0.3 is 6.03 Å². The summed E-state index contributed by atoms with van der Waals surface area (Å²) in [6, 6.07) is 25.9. The summed E-state index contributed by atoms with van der Waals surface area (Å²) in [6.45, 7) is 9.50. The van der Waals surface area contributed by atoms with Crippen molar-refractivity contribution in [3.8, 4) is 0 Å². The Hall–Kier alpha value is -3.49. The van der Waals surface area contributed by atoms with Crippen molar-refractivity contribution in [1.29, 1.82) is 0 Å². The normalized spacial score (nSPS) is 17.1. The van der Waals surface area contributed by atoms with Crippen LogP contribution in [0.4, 0.5) is 20.6 Å². The Balaban J connectivity index is 1.22. The highest BCUT2D eigenvalue weighted by Crippen LogP contribution is 2.37. The van der Waals surface area contributed by atoms with Crippen LogP contribution in [0.1, 0.15) is 46.5 Å². The first-order chi connectivity index (χ1) is 19.7. The van der Waals surface area contributed by atoms with Crippen molar-refractivity contribution < 1.29 is 18.4 Å². The molecule has 41 heavy (non-hydrogen) atoms. The molecule has 0 aliphatic carbocycles. The van der Waals surface area contributed by atoms with Crippen molar-refractivity contribution in [2.24, 2.45) is 5.92 Å². The third-order valence-electron chi connectivity index (χ3n) is 8.52. The molecule has 2 saturated heterocycles. The van der Waals surface area contributed by atoms with Crippen molar-refractivity contribution in [2.45, 2.75) is 51.5 Å². The maximum atomic E-state index is 15.0. The Labute approximate surface area is 243 Å². The molecule has 1 N–H and O–H groups in total. The van der Waals surface area contributed by atoms with Gasteiger partial charge in [-0.05, 0) is 58.8 Å². The molecule has 3 amide bonds. The molecule has 2 heterocycles. The lowest BCUT2D eigenvalue weighted by Gasteiger charge is -2.43. The highest BCUT2D eigenvalue weighted by atomic mass is 28.4. The topological polar surface area (TPSA) is 61.9 Å². The number of benzene rings is 3. The number of carbonyl (C=O) groups excluding carboxylic acids is 2. The molecule has 0 saturated carbocycles. The van der Waals surface area contributed by atoms with Crippen LogP contribution in [0, 0.1) is 11.7 Å². The van der Waals surface area contributed by atoms with Crippen LogP contribution in [0.15, 0.2) is 78.9 Å². The van der Waals surface area contributed by atoms with Gasteiger partial charge in [0.05, 0.1) is 5.69 Å². The number of amides is 3. The summed E-state index contributed by atoms with van der Waals surface area (Å²) in [4.78, 5) is 27.1. The molecule has 0 radical (unpaired) electrons. The van der Waals surface area contributed by atoms with Gasteiger partial charge in [0.2, 0.25) is 5.91 Å². The smallest absolute Gasteiger partial charge is 0.328 e. The van der Waals surface area contributed by atoms with Crippen molar-refractivity contribution in [3.05, 3.63) is 84.7 Å². The summed E-state index contributed by atoms with van der Waals surface area (Å²) in [5.74, 6) is -0.237. The van der Waals surface area contributed by atoms with Crippen LogP contribution in [0.3, 0.4) is 0 Å². The van der Waals surface area contributed by atoms with E-state index in [0.29, 0.717) is 12.5 Å². The van der Waals surface area contributed by atoms with Gasteiger partial charge in [-0.1, -0.05) is 81.4 Å². The van der Waals surface area contributed by atoms with E-state index in [0.717, 1.165) is 38.0 Å². The Bertz CT molecular complexity index is 1320. The molecule has 3 aromatic carbocycles. The Morgan fingerprint density at radius 3 is 2.05 bits per heavy atom. The second-order valence-corrected chi connectivity index (χ2v) is 16.4. The molecular weight excluding hydrogens is 533 g/mol.